The Kier molecular flexibility index (Phi) is 9.20. The zero-order chi connectivity index (χ0) is 18.6. The molecular weight excluding hydrogens is 333 g/mol. The summed E-state index contributed by atoms with van der Waals surface area (Å²) in [6.45, 7) is 9.75. The number of rotatable bonds is 9. The number of aliphatic imine (C=N–C) groups is 1. The second-order valence-corrected chi connectivity index (χ2v) is 6.26. The van der Waals surface area contributed by atoms with Gasteiger partial charge >= 0.3 is 0 Å². The smallest absolute Gasteiger partial charge is 0.191 e. The van der Waals surface area contributed by atoms with Crippen molar-refractivity contribution < 1.29 is 9.13 Å². The second-order valence-electron chi connectivity index (χ2n) is 6.26. The van der Waals surface area contributed by atoms with Gasteiger partial charge in [-0.05, 0) is 32.0 Å². The Hall–Kier alpha value is -1.86. The van der Waals surface area contributed by atoms with Crippen LogP contribution in [0.2, 0.25) is 0 Å². The van der Waals surface area contributed by atoms with Crippen molar-refractivity contribution >= 4 is 11.6 Å². The fourth-order valence-electron chi connectivity index (χ4n) is 3.04. The molecule has 0 aliphatic carbocycles. The number of nitrogens with zero attached hydrogens (tertiary/aromatic N) is 3. The highest BCUT2D eigenvalue weighted by Gasteiger charge is 2.18. The molecule has 1 heterocycles. The summed E-state index contributed by atoms with van der Waals surface area (Å²) in [4.78, 5) is 8.77. The Bertz CT molecular complexity index is 546. The minimum atomic E-state index is -0.131. The monoisotopic (exact) mass is 365 g/mol. The third-order valence-electron chi connectivity index (χ3n) is 4.48. The van der Waals surface area contributed by atoms with E-state index in [2.05, 4.69) is 25.4 Å². The van der Waals surface area contributed by atoms with Gasteiger partial charge in [-0.3, -0.25) is 9.89 Å². The fourth-order valence-corrected chi connectivity index (χ4v) is 3.04. The molecule has 0 spiro atoms. The molecule has 0 saturated carbocycles. The van der Waals surface area contributed by atoms with Crippen LogP contribution in [0.25, 0.3) is 0 Å². The number of hydrogen-bond acceptors (Lipinski definition) is 4. The highest BCUT2D eigenvalue weighted by Crippen LogP contribution is 2.20. The number of hydrogen-bond donors (Lipinski definition) is 2. The van der Waals surface area contributed by atoms with E-state index in [0.29, 0.717) is 6.61 Å². The number of anilines is 1. The fraction of sp³-hybridized carbons (Fsp3) is 0.632. The predicted octanol–water partition coefficient (Wildman–Crippen LogP) is 1.54. The van der Waals surface area contributed by atoms with Crippen LogP contribution in [-0.2, 0) is 4.74 Å². The zero-order valence-corrected chi connectivity index (χ0v) is 16.0. The second kappa shape index (κ2) is 11.7. The first-order chi connectivity index (χ1) is 12.7. The van der Waals surface area contributed by atoms with Crippen molar-refractivity contribution in [2.75, 3.05) is 71.0 Å². The largest absolute Gasteiger partial charge is 0.380 e. The summed E-state index contributed by atoms with van der Waals surface area (Å²) in [7, 11) is 1.78. The number of piperazine rings is 1. The molecule has 146 valence electrons. The van der Waals surface area contributed by atoms with E-state index in [1.807, 2.05) is 19.1 Å². The molecule has 1 aromatic rings. The molecule has 2 rings (SSSR count). The molecule has 1 aliphatic rings. The van der Waals surface area contributed by atoms with Crippen molar-refractivity contribution in [2.45, 2.75) is 13.3 Å². The average Bonchev–Trinajstić information content (AvgIpc) is 2.68. The van der Waals surface area contributed by atoms with E-state index in [-0.39, 0.29) is 5.82 Å². The molecule has 0 aromatic heterocycles. The minimum absolute atomic E-state index is 0.131. The number of nitrogens with one attached hydrogen (secondary N) is 2. The van der Waals surface area contributed by atoms with Gasteiger partial charge < -0.3 is 20.3 Å². The molecule has 1 saturated heterocycles. The van der Waals surface area contributed by atoms with E-state index in [0.717, 1.165) is 70.5 Å². The molecule has 2 N–H and O–H groups in total. The van der Waals surface area contributed by atoms with Crippen molar-refractivity contribution in [1.82, 2.24) is 15.5 Å². The summed E-state index contributed by atoms with van der Waals surface area (Å²) in [6.07, 6.45) is 1.05. The van der Waals surface area contributed by atoms with Crippen LogP contribution in [0.5, 0.6) is 0 Å². The Balaban J connectivity index is 1.59. The highest BCUT2D eigenvalue weighted by atomic mass is 19.1. The minimum Gasteiger partial charge on any atom is -0.380 e. The molecule has 1 aliphatic heterocycles. The molecule has 0 atom stereocenters. The normalized spacial score (nSPS) is 16.0. The summed E-state index contributed by atoms with van der Waals surface area (Å²) in [5.41, 5.74) is 0.718. The quantitative estimate of drug-likeness (QED) is 0.395. The van der Waals surface area contributed by atoms with Crippen molar-refractivity contribution in [2.24, 2.45) is 4.99 Å². The van der Waals surface area contributed by atoms with E-state index in [9.17, 15) is 4.39 Å². The number of halogens is 1. The first kappa shape index (κ1) is 20.5. The Morgan fingerprint density at radius 2 is 1.88 bits per heavy atom. The van der Waals surface area contributed by atoms with Crippen molar-refractivity contribution in [3.8, 4) is 0 Å². The van der Waals surface area contributed by atoms with Gasteiger partial charge in [-0.25, -0.2) is 4.39 Å². The van der Waals surface area contributed by atoms with E-state index < -0.39 is 0 Å². The average molecular weight is 365 g/mol. The Morgan fingerprint density at radius 1 is 1.15 bits per heavy atom. The van der Waals surface area contributed by atoms with Crippen LogP contribution < -0.4 is 15.5 Å². The van der Waals surface area contributed by atoms with Gasteiger partial charge in [0.2, 0.25) is 0 Å². The van der Waals surface area contributed by atoms with Gasteiger partial charge in [0.1, 0.15) is 5.82 Å². The highest BCUT2D eigenvalue weighted by molar-refractivity contribution is 5.79. The molecular formula is C19H32FN5O. The summed E-state index contributed by atoms with van der Waals surface area (Å²) >= 11 is 0. The van der Waals surface area contributed by atoms with Crippen LogP contribution in [0.4, 0.5) is 10.1 Å². The van der Waals surface area contributed by atoms with Gasteiger partial charge in [0.05, 0.1) is 12.3 Å². The van der Waals surface area contributed by atoms with Gasteiger partial charge in [0.25, 0.3) is 0 Å². The lowest BCUT2D eigenvalue weighted by atomic mass is 10.2. The van der Waals surface area contributed by atoms with Gasteiger partial charge in [0.15, 0.2) is 5.96 Å². The van der Waals surface area contributed by atoms with Gasteiger partial charge in [-0.1, -0.05) is 12.1 Å². The summed E-state index contributed by atoms with van der Waals surface area (Å²) < 4.78 is 19.2. The number of ether oxygens (including phenoxy) is 1. The standard InChI is InChI=1S/C19H32FN5O/c1-3-26-16-10-23-19(21-2)22-9-6-11-24-12-14-25(15-13-24)18-8-5-4-7-17(18)20/h4-5,7-8H,3,6,9-16H2,1-2H3,(H2,21,22,23). The van der Waals surface area contributed by atoms with Crippen molar-refractivity contribution in [1.29, 1.82) is 0 Å². The lowest BCUT2D eigenvalue weighted by Crippen LogP contribution is -2.47. The molecule has 1 aromatic carbocycles. The van der Waals surface area contributed by atoms with Crippen LogP contribution in [0, 0.1) is 5.82 Å². The number of para-hydroxylation sites is 1. The number of benzene rings is 1. The zero-order valence-electron chi connectivity index (χ0n) is 16.0. The van der Waals surface area contributed by atoms with Gasteiger partial charge in [-0.15, -0.1) is 0 Å². The third-order valence-corrected chi connectivity index (χ3v) is 4.48. The number of guanidine groups is 1. The first-order valence-electron chi connectivity index (χ1n) is 9.48. The predicted molar refractivity (Wildman–Crippen MR) is 106 cm³/mol. The lowest BCUT2D eigenvalue weighted by Gasteiger charge is -2.36. The third kappa shape index (κ3) is 6.80. The molecule has 26 heavy (non-hydrogen) atoms. The maximum atomic E-state index is 13.9. The SMILES string of the molecule is CCOCCNC(=NC)NCCCN1CCN(c2ccccc2F)CC1. The maximum absolute atomic E-state index is 13.9. The van der Waals surface area contributed by atoms with Gasteiger partial charge in [0, 0.05) is 52.9 Å². The van der Waals surface area contributed by atoms with Crippen molar-refractivity contribution in [3.63, 3.8) is 0 Å². The molecule has 0 unspecified atom stereocenters. The molecule has 0 radical (unpaired) electrons. The van der Waals surface area contributed by atoms with E-state index >= 15 is 0 Å². The van der Waals surface area contributed by atoms with E-state index in [1.165, 1.54) is 6.07 Å². The molecule has 1 fully saturated rings. The maximum Gasteiger partial charge on any atom is 0.191 e. The molecule has 0 amide bonds. The molecule has 7 heteroatoms. The van der Waals surface area contributed by atoms with Crippen molar-refractivity contribution in [3.05, 3.63) is 30.1 Å². The Labute approximate surface area is 156 Å². The van der Waals surface area contributed by atoms with Crippen LogP contribution in [0.15, 0.2) is 29.3 Å². The van der Waals surface area contributed by atoms with Crippen LogP contribution in [-0.4, -0.2) is 76.9 Å². The van der Waals surface area contributed by atoms with Crippen LogP contribution in [0.1, 0.15) is 13.3 Å². The first-order valence-corrected chi connectivity index (χ1v) is 9.48. The molecule has 0 bridgehead atoms. The molecule has 6 nitrogen and oxygen atoms in total. The van der Waals surface area contributed by atoms with Crippen LogP contribution >= 0.6 is 0 Å². The van der Waals surface area contributed by atoms with Gasteiger partial charge in [-0.2, -0.15) is 0 Å². The summed E-state index contributed by atoms with van der Waals surface area (Å²) in [5, 5.41) is 6.55. The van der Waals surface area contributed by atoms with Crippen LogP contribution in [0.3, 0.4) is 0 Å². The van der Waals surface area contributed by atoms with E-state index in [1.54, 1.807) is 13.1 Å². The summed E-state index contributed by atoms with van der Waals surface area (Å²) in [5.74, 6) is 0.683. The summed E-state index contributed by atoms with van der Waals surface area (Å²) in [6, 6.07) is 7.02. The van der Waals surface area contributed by atoms with E-state index in [4.69, 9.17) is 4.74 Å². The lowest BCUT2D eigenvalue weighted by molar-refractivity contribution is 0.152. The Morgan fingerprint density at radius 3 is 2.58 bits per heavy atom. The topological polar surface area (TPSA) is 52.1 Å².